The molecule has 8 heteroatoms. The molecule has 1 aliphatic rings. The Kier molecular flexibility index (Phi) is 5.41. The molecule has 1 aromatic heterocycles. The highest BCUT2D eigenvalue weighted by atomic mass is 35.5. The van der Waals surface area contributed by atoms with E-state index >= 15 is 0 Å². The predicted octanol–water partition coefficient (Wildman–Crippen LogP) is 3.54. The number of carbonyl (C=O) groups is 2. The topological polar surface area (TPSA) is 87.3 Å². The smallest absolute Gasteiger partial charge is 0.410 e. The first kappa shape index (κ1) is 19.2. The highest BCUT2D eigenvalue weighted by Crippen LogP contribution is 2.25. The molecule has 1 aliphatic heterocycles. The molecule has 0 saturated heterocycles. The zero-order chi connectivity index (χ0) is 19.6. The fourth-order valence-electron chi connectivity index (χ4n) is 2.91. The molecular weight excluding hydrogens is 368 g/mol. The van der Waals surface area contributed by atoms with Crippen LogP contribution < -0.4 is 5.32 Å². The zero-order valence-corrected chi connectivity index (χ0v) is 16.4. The lowest BCUT2D eigenvalue weighted by atomic mass is 10.1. The highest BCUT2D eigenvalue weighted by molar-refractivity contribution is 6.30. The molecule has 3 rings (SSSR count). The van der Waals surface area contributed by atoms with Crippen molar-refractivity contribution in [3.8, 4) is 0 Å². The van der Waals surface area contributed by atoms with Gasteiger partial charge < -0.3 is 15.0 Å². The maximum absolute atomic E-state index is 12.3. The Labute approximate surface area is 163 Å². The minimum absolute atomic E-state index is 0.166. The van der Waals surface area contributed by atoms with E-state index in [-0.39, 0.29) is 18.4 Å². The van der Waals surface area contributed by atoms with Crippen molar-refractivity contribution < 1.29 is 14.3 Å². The number of nitrogens with one attached hydrogen (secondary N) is 2. The number of hydrogen-bond donors (Lipinski definition) is 2. The monoisotopic (exact) mass is 390 g/mol. The summed E-state index contributed by atoms with van der Waals surface area (Å²) in [5, 5.41) is 10.6. The first-order valence-electron chi connectivity index (χ1n) is 8.79. The molecule has 0 spiro atoms. The number of H-pyrrole nitrogens is 1. The number of halogens is 1. The lowest BCUT2D eigenvalue weighted by Crippen LogP contribution is -2.40. The Morgan fingerprint density at radius 3 is 2.85 bits per heavy atom. The van der Waals surface area contributed by atoms with Gasteiger partial charge in [-0.2, -0.15) is 5.10 Å². The van der Waals surface area contributed by atoms with Crippen molar-refractivity contribution in [2.24, 2.45) is 0 Å². The van der Waals surface area contributed by atoms with Gasteiger partial charge in [-0.1, -0.05) is 23.7 Å². The minimum atomic E-state index is -0.537. The summed E-state index contributed by atoms with van der Waals surface area (Å²) in [6.07, 6.45) is 0.457. The first-order valence-corrected chi connectivity index (χ1v) is 9.17. The number of amides is 2. The average molecular weight is 391 g/mol. The summed E-state index contributed by atoms with van der Waals surface area (Å²) in [7, 11) is 0. The van der Waals surface area contributed by atoms with Crippen LogP contribution in [-0.2, 0) is 28.9 Å². The summed E-state index contributed by atoms with van der Waals surface area (Å²) in [5.74, 6) is 0.349. The molecule has 2 N–H and O–H groups in total. The molecule has 27 heavy (non-hydrogen) atoms. The van der Waals surface area contributed by atoms with E-state index in [0.717, 1.165) is 16.8 Å². The van der Waals surface area contributed by atoms with Crippen molar-refractivity contribution in [2.45, 2.75) is 45.8 Å². The molecule has 2 aromatic rings. The van der Waals surface area contributed by atoms with Crippen LogP contribution in [-0.4, -0.2) is 39.2 Å². The number of ether oxygens (including phenoxy) is 1. The van der Waals surface area contributed by atoms with Gasteiger partial charge in [0.05, 0.1) is 18.7 Å². The van der Waals surface area contributed by atoms with Gasteiger partial charge in [0, 0.05) is 17.1 Å². The van der Waals surface area contributed by atoms with Gasteiger partial charge >= 0.3 is 6.09 Å². The third kappa shape index (κ3) is 5.01. The fraction of sp³-hybridized carbons (Fsp3) is 0.421. The van der Waals surface area contributed by atoms with E-state index in [0.29, 0.717) is 30.4 Å². The number of benzene rings is 1. The summed E-state index contributed by atoms with van der Waals surface area (Å²) in [5.41, 5.74) is 2.03. The van der Waals surface area contributed by atoms with Crippen LogP contribution in [0.3, 0.4) is 0 Å². The van der Waals surface area contributed by atoms with Gasteiger partial charge in [-0.25, -0.2) is 4.79 Å². The number of fused-ring (bicyclic) bond motifs is 1. The molecule has 0 fully saturated rings. The van der Waals surface area contributed by atoms with Gasteiger partial charge in [-0.15, -0.1) is 0 Å². The quantitative estimate of drug-likeness (QED) is 0.839. The van der Waals surface area contributed by atoms with E-state index in [9.17, 15) is 9.59 Å². The Hall–Kier alpha value is -2.54. The zero-order valence-electron chi connectivity index (χ0n) is 15.6. The molecule has 0 bridgehead atoms. The lowest BCUT2D eigenvalue weighted by molar-refractivity contribution is -0.115. The highest BCUT2D eigenvalue weighted by Gasteiger charge is 2.28. The van der Waals surface area contributed by atoms with E-state index in [1.165, 1.54) is 0 Å². The van der Waals surface area contributed by atoms with Gasteiger partial charge in [0.2, 0.25) is 5.91 Å². The summed E-state index contributed by atoms with van der Waals surface area (Å²) in [6.45, 7) is 6.40. The molecule has 144 valence electrons. The standard InChI is InChI=1S/C19H23ClN4O3/c1-19(2,3)27-18(26)24-8-7-14-15(11-24)22-23-17(14)21-16(25)10-12-5-4-6-13(20)9-12/h4-6,9H,7-8,10-11H2,1-3H3,(H2,21,22,23,25). The minimum Gasteiger partial charge on any atom is -0.444 e. The molecule has 1 aromatic carbocycles. The second-order valence-corrected chi connectivity index (χ2v) is 7.97. The van der Waals surface area contributed by atoms with E-state index in [4.69, 9.17) is 16.3 Å². The molecule has 0 unspecified atom stereocenters. The van der Waals surface area contributed by atoms with Crippen LogP contribution in [0, 0.1) is 0 Å². The lowest BCUT2D eigenvalue weighted by Gasteiger charge is -2.29. The number of aromatic amines is 1. The van der Waals surface area contributed by atoms with Crippen LogP contribution in [0.4, 0.5) is 10.6 Å². The van der Waals surface area contributed by atoms with Crippen molar-refractivity contribution in [1.82, 2.24) is 15.1 Å². The molecule has 2 amide bonds. The fourth-order valence-corrected chi connectivity index (χ4v) is 3.13. The van der Waals surface area contributed by atoms with Crippen LogP contribution >= 0.6 is 11.6 Å². The van der Waals surface area contributed by atoms with Crippen molar-refractivity contribution in [3.05, 3.63) is 46.1 Å². The van der Waals surface area contributed by atoms with Crippen molar-refractivity contribution in [1.29, 1.82) is 0 Å². The van der Waals surface area contributed by atoms with E-state index in [1.807, 2.05) is 32.9 Å². The molecule has 0 aliphatic carbocycles. The second kappa shape index (κ2) is 7.60. The van der Waals surface area contributed by atoms with E-state index in [2.05, 4.69) is 15.5 Å². The Balaban J connectivity index is 1.63. The number of rotatable bonds is 3. The molecule has 7 nitrogen and oxygen atoms in total. The molecular formula is C19H23ClN4O3. The van der Waals surface area contributed by atoms with Gasteiger partial charge in [-0.3, -0.25) is 9.89 Å². The van der Waals surface area contributed by atoms with Crippen LogP contribution in [0.1, 0.15) is 37.6 Å². The van der Waals surface area contributed by atoms with Crippen LogP contribution in [0.15, 0.2) is 24.3 Å². The number of carbonyl (C=O) groups excluding carboxylic acids is 2. The number of nitrogens with zero attached hydrogens (tertiary/aromatic N) is 2. The molecule has 0 atom stereocenters. The Morgan fingerprint density at radius 2 is 2.15 bits per heavy atom. The second-order valence-electron chi connectivity index (χ2n) is 7.54. The third-order valence-electron chi connectivity index (χ3n) is 4.10. The number of hydrogen-bond acceptors (Lipinski definition) is 4. The summed E-state index contributed by atoms with van der Waals surface area (Å²) < 4.78 is 5.41. The predicted molar refractivity (Wildman–Crippen MR) is 103 cm³/mol. The van der Waals surface area contributed by atoms with Gasteiger partial charge in [0.1, 0.15) is 5.60 Å². The maximum Gasteiger partial charge on any atom is 0.410 e. The molecule has 2 heterocycles. The Bertz CT molecular complexity index is 857. The van der Waals surface area contributed by atoms with Crippen molar-refractivity contribution >= 4 is 29.4 Å². The van der Waals surface area contributed by atoms with E-state index in [1.54, 1.807) is 17.0 Å². The Morgan fingerprint density at radius 1 is 1.37 bits per heavy atom. The van der Waals surface area contributed by atoms with Crippen LogP contribution in [0.5, 0.6) is 0 Å². The third-order valence-corrected chi connectivity index (χ3v) is 4.33. The van der Waals surface area contributed by atoms with Crippen LogP contribution in [0.2, 0.25) is 5.02 Å². The molecule has 0 radical (unpaired) electrons. The number of aromatic nitrogens is 2. The van der Waals surface area contributed by atoms with E-state index < -0.39 is 5.60 Å². The number of anilines is 1. The van der Waals surface area contributed by atoms with Gasteiger partial charge in [-0.05, 0) is 44.9 Å². The van der Waals surface area contributed by atoms with Crippen molar-refractivity contribution in [2.75, 3.05) is 11.9 Å². The summed E-state index contributed by atoms with van der Waals surface area (Å²) in [4.78, 5) is 26.2. The average Bonchev–Trinajstić information content (AvgIpc) is 2.95. The first-order chi connectivity index (χ1) is 12.7. The normalized spacial score (nSPS) is 13.9. The van der Waals surface area contributed by atoms with Crippen LogP contribution in [0.25, 0.3) is 0 Å². The van der Waals surface area contributed by atoms with Gasteiger partial charge in [0.25, 0.3) is 0 Å². The largest absolute Gasteiger partial charge is 0.444 e. The summed E-state index contributed by atoms with van der Waals surface area (Å²) in [6, 6.07) is 7.19. The van der Waals surface area contributed by atoms with Crippen molar-refractivity contribution in [3.63, 3.8) is 0 Å². The molecule has 0 saturated carbocycles. The van der Waals surface area contributed by atoms with Gasteiger partial charge in [0.15, 0.2) is 5.82 Å². The summed E-state index contributed by atoms with van der Waals surface area (Å²) >= 11 is 5.95. The maximum atomic E-state index is 12.3. The SMILES string of the molecule is CC(C)(C)OC(=O)N1CCc2c(NC(=O)Cc3cccc(Cl)c3)n[nH]c2C1.